The number of hydrogen-bond acceptors (Lipinski definition) is 9. The van der Waals surface area contributed by atoms with Crippen LogP contribution in [0.3, 0.4) is 0 Å². The molecule has 0 N–H and O–H groups in total. The van der Waals surface area contributed by atoms with E-state index in [1.165, 1.54) is 72.7 Å². The van der Waals surface area contributed by atoms with Crippen molar-refractivity contribution in [1.29, 1.82) is 0 Å². The Hall–Kier alpha value is -4.23. The van der Waals surface area contributed by atoms with Crippen LogP contribution in [-0.4, -0.2) is 73.2 Å². The minimum absolute atomic E-state index is 0.0129. The first-order valence-corrected chi connectivity index (χ1v) is 13.2. The van der Waals surface area contributed by atoms with Crippen molar-refractivity contribution >= 4 is 45.1 Å². The highest BCUT2D eigenvalue weighted by atomic mass is 32.2. The number of likely N-dealkylation sites (tertiary alicyclic amines) is 1. The van der Waals surface area contributed by atoms with Gasteiger partial charge in [-0.05, 0) is 47.5 Å². The van der Waals surface area contributed by atoms with Gasteiger partial charge < -0.3 is 9.64 Å². The summed E-state index contributed by atoms with van der Waals surface area (Å²) in [7, 11) is -2.14. The van der Waals surface area contributed by atoms with Crippen molar-refractivity contribution in [3.05, 3.63) is 91.0 Å². The van der Waals surface area contributed by atoms with E-state index in [2.05, 4.69) is 0 Å². The van der Waals surface area contributed by atoms with Crippen LogP contribution < -0.4 is 0 Å². The summed E-state index contributed by atoms with van der Waals surface area (Å²) in [6, 6.07) is 11.1. The molecule has 200 valence electrons. The van der Waals surface area contributed by atoms with E-state index in [0.717, 1.165) is 0 Å². The Bertz CT molecular complexity index is 1320. The molecule has 38 heavy (non-hydrogen) atoms. The Kier molecular flexibility index (Phi) is 9.20. The van der Waals surface area contributed by atoms with Crippen LogP contribution in [-0.2, 0) is 24.2 Å². The molecule has 0 aliphatic carbocycles. The van der Waals surface area contributed by atoms with Gasteiger partial charge in [0.25, 0.3) is 11.4 Å². The van der Waals surface area contributed by atoms with Crippen LogP contribution in [0, 0.1) is 20.2 Å². The quantitative estimate of drug-likeness (QED) is 0.249. The number of benzene rings is 2. The first-order valence-electron chi connectivity index (χ1n) is 11.4. The van der Waals surface area contributed by atoms with Gasteiger partial charge in [0.15, 0.2) is 15.6 Å². The number of non-ortho nitro benzene ring substituents is 2. The first kappa shape index (κ1) is 28.3. The molecule has 3 rings (SSSR count). The summed E-state index contributed by atoms with van der Waals surface area (Å²) in [6.45, 7) is -0.145. The molecule has 2 aromatic carbocycles. The van der Waals surface area contributed by atoms with Crippen LogP contribution in [0.25, 0.3) is 12.2 Å². The second-order valence-corrected chi connectivity index (χ2v) is 10.8. The second kappa shape index (κ2) is 12.3. The van der Waals surface area contributed by atoms with Gasteiger partial charge in [-0.3, -0.25) is 29.8 Å². The Balaban J connectivity index is 1.90. The normalized spacial score (nSPS) is 16.1. The second-order valence-electron chi connectivity index (χ2n) is 8.51. The fourth-order valence-electron chi connectivity index (χ4n) is 3.72. The maximum atomic E-state index is 13.3. The smallest absolute Gasteiger partial charge is 0.269 e. The molecule has 0 aromatic heterocycles. The molecular formula is C25H25N3O9S. The molecule has 1 amide bonds. The minimum Gasteiger partial charge on any atom is -0.384 e. The summed E-state index contributed by atoms with van der Waals surface area (Å²) in [6.07, 6.45) is 2.75. The summed E-state index contributed by atoms with van der Waals surface area (Å²) < 4.78 is 29.1. The van der Waals surface area contributed by atoms with Crippen LogP contribution in [0.1, 0.15) is 17.5 Å². The average Bonchev–Trinajstić information content (AvgIpc) is 2.89. The summed E-state index contributed by atoms with van der Waals surface area (Å²) in [5, 5.41) is 21.9. The van der Waals surface area contributed by atoms with E-state index in [1.54, 1.807) is 0 Å². The highest BCUT2D eigenvalue weighted by Gasteiger charge is 2.29. The van der Waals surface area contributed by atoms with E-state index < -0.39 is 25.6 Å². The number of piperidine rings is 1. The van der Waals surface area contributed by atoms with E-state index in [4.69, 9.17) is 4.74 Å². The monoisotopic (exact) mass is 543 g/mol. The number of amides is 1. The van der Waals surface area contributed by atoms with E-state index >= 15 is 0 Å². The Labute approximate surface area is 218 Å². The van der Waals surface area contributed by atoms with Crippen molar-refractivity contribution in [2.75, 3.05) is 38.3 Å². The average molecular weight is 544 g/mol. The molecule has 2 aromatic rings. The molecule has 1 saturated heterocycles. The van der Waals surface area contributed by atoms with E-state index in [0.29, 0.717) is 11.1 Å². The predicted molar refractivity (Wildman–Crippen MR) is 139 cm³/mol. The molecule has 0 atom stereocenters. The third-order valence-corrected chi connectivity index (χ3v) is 7.39. The fourth-order valence-corrected chi connectivity index (χ4v) is 4.83. The zero-order valence-electron chi connectivity index (χ0n) is 20.4. The molecule has 1 aliphatic heterocycles. The Morgan fingerprint density at radius 2 is 1.34 bits per heavy atom. The van der Waals surface area contributed by atoms with Crippen molar-refractivity contribution in [3.63, 3.8) is 0 Å². The van der Waals surface area contributed by atoms with Crippen LogP contribution in [0.2, 0.25) is 0 Å². The molecule has 12 nitrogen and oxygen atoms in total. The molecule has 0 saturated carbocycles. The molecule has 0 bridgehead atoms. The van der Waals surface area contributed by atoms with E-state index in [9.17, 15) is 38.2 Å². The zero-order chi connectivity index (χ0) is 27.9. The van der Waals surface area contributed by atoms with Gasteiger partial charge in [0.05, 0.1) is 28.0 Å². The standard InChI is InChI=1S/C25H25N3O9S/c1-37-11-13-38(35,36)12-10-24(29)26-16-20(14-18-2-6-22(7-3-18)27(31)32)25(30)21(17-26)15-19-4-8-23(9-5-19)28(33)34/h2-9,14-15H,10-13,16-17H2,1H3/b20-14-,21-15+. The summed E-state index contributed by atoms with van der Waals surface area (Å²) in [4.78, 5) is 48.4. The minimum atomic E-state index is -3.51. The molecule has 1 fully saturated rings. The van der Waals surface area contributed by atoms with Crippen LogP contribution in [0.15, 0.2) is 59.7 Å². The molecule has 13 heteroatoms. The van der Waals surface area contributed by atoms with Crippen molar-refractivity contribution in [1.82, 2.24) is 4.90 Å². The molecule has 0 spiro atoms. The number of rotatable bonds is 10. The number of ketones is 1. The number of carbonyl (C=O) groups is 2. The third-order valence-electron chi connectivity index (χ3n) is 5.77. The van der Waals surface area contributed by atoms with E-state index in [-0.39, 0.29) is 65.9 Å². The topological polar surface area (TPSA) is 167 Å². The molecule has 0 unspecified atom stereocenters. The summed E-state index contributed by atoms with van der Waals surface area (Å²) >= 11 is 0. The highest BCUT2D eigenvalue weighted by molar-refractivity contribution is 7.91. The van der Waals surface area contributed by atoms with Crippen molar-refractivity contribution in [2.45, 2.75) is 6.42 Å². The van der Waals surface area contributed by atoms with E-state index in [1.807, 2.05) is 0 Å². The van der Waals surface area contributed by atoms with Gasteiger partial charge >= 0.3 is 0 Å². The predicted octanol–water partition coefficient (Wildman–Crippen LogP) is 2.83. The molecular weight excluding hydrogens is 518 g/mol. The molecule has 1 aliphatic rings. The van der Waals surface area contributed by atoms with Crippen molar-refractivity contribution < 1.29 is 32.6 Å². The maximum absolute atomic E-state index is 13.3. The van der Waals surface area contributed by atoms with Gasteiger partial charge in [0, 0.05) is 62.0 Å². The SMILES string of the molecule is COCCS(=O)(=O)CCC(=O)N1C/C(=C/c2ccc([N+](=O)[O-])cc2)C(=O)/C(=C/c2ccc([N+](=O)[O-])cc2)C1. The largest absolute Gasteiger partial charge is 0.384 e. The Morgan fingerprint density at radius 1 is 0.895 bits per heavy atom. The molecule has 0 radical (unpaired) electrons. The lowest BCUT2D eigenvalue weighted by Crippen LogP contribution is -2.42. The lowest BCUT2D eigenvalue weighted by Gasteiger charge is -2.30. The lowest BCUT2D eigenvalue weighted by atomic mass is 9.94. The van der Waals surface area contributed by atoms with Gasteiger partial charge in [-0.25, -0.2) is 8.42 Å². The van der Waals surface area contributed by atoms with Crippen molar-refractivity contribution in [3.8, 4) is 0 Å². The number of nitro benzene ring substituents is 2. The number of ether oxygens (including phenoxy) is 1. The Morgan fingerprint density at radius 3 is 1.74 bits per heavy atom. The van der Waals surface area contributed by atoms with Gasteiger partial charge in [-0.15, -0.1) is 0 Å². The molecule has 1 heterocycles. The third kappa shape index (κ3) is 7.63. The van der Waals surface area contributed by atoms with Crippen molar-refractivity contribution in [2.24, 2.45) is 0 Å². The van der Waals surface area contributed by atoms with Crippen LogP contribution >= 0.6 is 0 Å². The number of hydrogen-bond donors (Lipinski definition) is 0. The zero-order valence-corrected chi connectivity index (χ0v) is 21.3. The first-order chi connectivity index (χ1) is 18.0. The number of nitrogens with zero attached hydrogens (tertiary/aromatic N) is 3. The van der Waals surface area contributed by atoms with Gasteiger partial charge in [0.2, 0.25) is 5.91 Å². The summed E-state index contributed by atoms with van der Waals surface area (Å²) in [5.74, 6) is -1.42. The number of methoxy groups -OCH3 is 1. The van der Waals surface area contributed by atoms with Gasteiger partial charge in [-0.2, -0.15) is 0 Å². The lowest BCUT2D eigenvalue weighted by molar-refractivity contribution is -0.385. The number of sulfone groups is 1. The van der Waals surface area contributed by atoms with Gasteiger partial charge in [0.1, 0.15) is 0 Å². The van der Waals surface area contributed by atoms with Crippen LogP contribution in [0.4, 0.5) is 11.4 Å². The van der Waals surface area contributed by atoms with Crippen LogP contribution in [0.5, 0.6) is 0 Å². The highest BCUT2D eigenvalue weighted by Crippen LogP contribution is 2.24. The number of Topliss-reactive ketones (excluding diaryl/α,β-unsaturated/α-hetero) is 1. The number of nitro groups is 2. The van der Waals surface area contributed by atoms with Gasteiger partial charge in [-0.1, -0.05) is 0 Å². The number of carbonyl (C=O) groups excluding carboxylic acids is 2. The summed E-state index contributed by atoms with van der Waals surface area (Å²) in [5.41, 5.74) is 1.23. The maximum Gasteiger partial charge on any atom is 0.269 e. The fraction of sp³-hybridized carbons (Fsp3) is 0.280.